The van der Waals surface area contributed by atoms with Crippen LogP contribution in [0.4, 0.5) is 0 Å². The van der Waals surface area contributed by atoms with Crippen LogP contribution in [0.3, 0.4) is 0 Å². The summed E-state index contributed by atoms with van der Waals surface area (Å²) in [5.74, 6) is 0.583. The molecular formula is C32H62. The Morgan fingerprint density at radius 1 is 0.656 bits per heavy atom. The van der Waals surface area contributed by atoms with E-state index in [1.807, 2.05) is 66.7 Å². The van der Waals surface area contributed by atoms with E-state index < -0.39 is 0 Å². The molecule has 0 heteroatoms. The van der Waals surface area contributed by atoms with Gasteiger partial charge in [0.1, 0.15) is 0 Å². The Labute approximate surface area is 213 Å². The first-order valence-electron chi connectivity index (χ1n) is 14.6. The molecule has 0 aliphatic heterocycles. The fourth-order valence-electron chi connectivity index (χ4n) is 1.10. The number of benzene rings is 2. The fraction of sp³-hybridized carbons (Fsp3) is 0.625. The zero-order valence-corrected chi connectivity index (χ0v) is 25.0. The van der Waals surface area contributed by atoms with Crippen LogP contribution < -0.4 is 0 Å². The Kier molecular flexibility index (Phi) is 26.2. The third kappa shape index (κ3) is 79.2. The van der Waals surface area contributed by atoms with Gasteiger partial charge in [-0.1, -0.05) is 168 Å². The van der Waals surface area contributed by atoms with E-state index in [4.69, 9.17) is 6.85 Å². The molecule has 0 N–H and O–H groups in total. The predicted octanol–water partition coefficient (Wildman–Crippen LogP) is 11.7. The van der Waals surface area contributed by atoms with Crippen molar-refractivity contribution in [2.75, 3.05) is 0 Å². The van der Waals surface area contributed by atoms with Crippen LogP contribution in [0.15, 0.2) is 54.5 Å². The van der Waals surface area contributed by atoms with Gasteiger partial charge in [-0.25, -0.2) is 0 Å². The summed E-state index contributed by atoms with van der Waals surface area (Å²) in [5.41, 5.74) is 2.78. The maximum absolute atomic E-state index is 7.50. The van der Waals surface area contributed by atoms with Gasteiger partial charge in [0.25, 0.3) is 0 Å². The van der Waals surface area contributed by atoms with Crippen molar-refractivity contribution in [1.29, 1.82) is 0 Å². The molecule has 0 saturated heterocycles. The molecule has 32 heavy (non-hydrogen) atoms. The zero-order valence-electron chi connectivity index (χ0n) is 30.0. The Morgan fingerprint density at radius 2 is 0.906 bits per heavy atom. The summed E-state index contributed by atoms with van der Waals surface area (Å²) in [7, 11) is 0. The molecular weight excluding hydrogens is 384 g/mol. The second-order valence-corrected chi connectivity index (χ2v) is 9.64. The monoisotopic (exact) mass is 452 g/mol. The van der Waals surface area contributed by atoms with Crippen LogP contribution in [-0.4, -0.2) is 0 Å². The molecule has 190 valence electrons. The minimum absolute atomic E-state index is 0.00407. The van der Waals surface area contributed by atoms with Crippen LogP contribution in [0.5, 0.6) is 0 Å². The van der Waals surface area contributed by atoms with Gasteiger partial charge in [0, 0.05) is 1.37 Å². The largest absolute Gasteiger partial charge is 0.0683 e. The van der Waals surface area contributed by atoms with Crippen LogP contribution in [0, 0.1) is 38.0 Å². The molecule has 0 unspecified atom stereocenters. The van der Waals surface area contributed by atoms with E-state index in [0.29, 0.717) is 16.5 Å². The number of rotatable bonds is 0. The Hall–Kier alpha value is -1.56. The highest BCUT2D eigenvalue weighted by Crippen LogP contribution is 2.08. The molecule has 0 aliphatic carbocycles. The number of hydrogen-bond acceptors (Lipinski definition) is 0. The average Bonchev–Trinajstić information content (AvgIpc) is 2.76. The van der Waals surface area contributed by atoms with Gasteiger partial charge in [-0.3, -0.25) is 0 Å². The minimum atomic E-state index is -0.250. The van der Waals surface area contributed by atoms with E-state index in [1.165, 1.54) is 5.56 Å². The predicted molar refractivity (Wildman–Crippen MR) is 156 cm³/mol. The molecule has 0 heterocycles. The maximum Gasteiger partial charge on any atom is 0.0628 e. The SMILES string of the molecule is CC.CC.CC(C)(C)C.CC(C)C.Cc1ccccc1.[2H]C(C)(C)C.[2H]c1c([2H])c(C)c([2H])c(C)c1[2H]. The van der Waals surface area contributed by atoms with Crippen molar-refractivity contribution in [3.05, 3.63) is 71.2 Å². The molecule has 0 spiro atoms. The van der Waals surface area contributed by atoms with Crippen molar-refractivity contribution in [1.82, 2.24) is 0 Å². The van der Waals surface area contributed by atoms with Gasteiger partial charge in [0.15, 0.2) is 0 Å². The smallest absolute Gasteiger partial charge is 0.0628 e. The second-order valence-electron chi connectivity index (χ2n) is 9.64. The highest BCUT2D eigenvalue weighted by Gasteiger charge is 1.95. The fourth-order valence-corrected chi connectivity index (χ4v) is 1.10. The summed E-state index contributed by atoms with van der Waals surface area (Å²) >= 11 is 0. The van der Waals surface area contributed by atoms with E-state index in [2.05, 4.69) is 67.5 Å². The standard InChI is InChI=1S/C8H10.C7H8.C5H12.2C4H10.2C2H6/c1-7-4-3-5-8(2)6-7;1-7-5-3-2-4-6-7;1-5(2,3)4;2*1-4(2)3;2*1-2/h3-6H,1-2H3;2-6H,1H3;1-4H3;2*4H,1-3H3;2*1-2H3/i3D,4D,5D,6D;;;4D;;;. The lowest BCUT2D eigenvalue weighted by molar-refractivity contribution is 0.469. The lowest BCUT2D eigenvalue weighted by Gasteiger charge is -2.05. The van der Waals surface area contributed by atoms with Crippen molar-refractivity contribution >= 4 is 0 Å². The van der Waals surface area contributed by atoms with Gasteiger partial charge >= 0.3 is 0 Å². The van der Waals surface area contributed by atoms with Crippen molar-refractivity contribution < 1.29 is 6.85 Å². The Balaban J connectivity index is -0.000000119. The molecule has 0 bridgehead atoms. The Bertz CT molecular complexity index is 637. The highest BCUT2D eigenvalue weighted by atomic mass is 14.0. The van der Waals surface area contributed by atoms with Crippen LogP contribution in [0.1, 0.15) is 120 Å². The first kappa shape index (κ1) is 28.5. The van der Waals surface area contributed by atoms with Crippen LogP contribution in [0.2, 0.25) is 0 Å². The molecule has 0 amide bonds. The topological polar surface area (TPSA) is 0 Å². The van der Waals surface area contributed by atoms with Crippen molar-refractivity contribution in [2.45, 2.75) is 118 Å². The third-order valence-corrected chi connectivity index (χ3v) is 1.82. The normalized spacial score (nSPS) is 11.2. The van der Waals surface area contributed by atoms with Crippen LogP contribution >= 0.6 is 0 Å². The molecule has 0 radical (unpaired) electrons. The molecule has 2 aromatic carbocycles. The maximum atomic E-state index is 7.50. The van der Waals surface area contributed by atoms with Gasteiger partial charge in [-0.05, 0) is 38.0 Å². The van der Waals surface area contributed by atoms with E-state index in [0.717, 1.165) is 5.92 Å². The first-order chi connectivity index (χ1) is 16.6. The quantitative estimate of drug-likeness (QED) is 0.373. The molecule has 2 aromatic rings. The van der Waals surface area contributed by atoms with Gasteiger partial charge in [0.2, 0.25) is 0 Å². The minimum Gasteiger partial charge on any atom is -0.0683 e. The average molecular weight is 452 g/mol. The number of aryl methyl sites for hydroxylation is 1. The summed E-state index contributed by atoms with van der Waals surface area (Å²) in [6, 6.07) is 10.4. The molecule has 0 nitrogen and oxygen atoms in total. The van der Waals surface area contributed by atoms with E-state index in [9.17, 15) is 0 Å². The number of hydrogen-bond donors (Lipinski definition) is 0. The van der Waals surface area contributed by atoms with Gasteiger partial charge in [0.05, 0.1) is 5.48 Å². The van der Waals surface area contributed by atoms with Crippen molar-refractivity contribution in [3.8, 4) is 0 Å². The van der Waals surface area contributed by atoms with E-state index in [1.54, 1.807) is 13.8 Å². The third-order valence-electron chi connectivity index (χ3n) is 1.82. The summed E-state index contributed by atoms with van der Waals surface area (Å²) in [6.07, 6.45) is 0. The van der Waals surface area contributed by atoms with E-state index in [-0.39, 0.29) is 30.1 Å². The summed E-state index contributed by atoms with van der Waals surface area (Å²) in [5, 5.41) is 0. The van der Waals surface area contributed by atoms with E-state index >= 15 is 0 Å². The molecule has 0 atom stereocenters. The summed E-state index contributed by atoms with van der Waals surface area (Å²) in [4.78, 5) is 0. The van der Waals surface area contributed by atoms with Crippen molar-refractivity contribution in [2.24, 2.45) is 17.2 Å². The summed E-state index contributed by atoms with van der Waals surface area (Å²) < 4.78 is 36.6. The lowest BCUT2D eigenvalue weighted by atomic mass is 10.0. The van der Waals surface area contributed by atoms with Crippen molar-refractivity contribution in [3.63, 3.8) is 0 Å². The zero-order chi connectivity index (χ0) is 31.2. The first-order valence-corrected chi connectivity index (χ1v) is 12.1. The molecule has 0 fully saturated rings. The second kappa shape index (κ2) is 29.4. The van der Waals surface area contributed by atoms with Gasteiger partial charge < -0.3 is 0 Å². The molecule has 0 aliphatic rings. The molecule has 0 saturated carbocycles. The van der Waals surface area contributed by atoms with Gasteiger partial charge in [-0.2, -0.15) is 0 Å². The highest BCUT2D eigenvalue weighted by molar-refractivity contribution is 5.20. The van der Waals surface area contributed by atoms with Crippen LogP contribution in [0.25, 0.3) is 0 Å². The lowest BCUT2D eigenvalue weighted by Crippen LogP contribution is -1.93. The van der Waals surface area contributed by atoms with Gasteiger partial charge in [-0.15, -0.1) is 0 Å². The Morgan fingerprint density at radius 3 is 1.09 bits per heavy atom. The molecule has 0 aromatic heterocycles. The van der Waals surface area contributed by atoms with Crippen LogP contribution in [-0.2, 0) is 0 Å². The molecule has 2 rings (SSSR count). The summed E-state index contributed by atoms with van der Waals surface area (Å²) in [6.45, 7) is 34.2.